The van der Waals surface area contributed by atoms with Gasteiger partial charge in [0.05, 0.1) is 23.1 Å². The summed E-state index contributed by atoms with van der Waals surface area (Å²) in [6.07, 6.45) is 3.34. The molecule has 6 heteroatoms. The van der Waals surface area contributed by atoms with Crippen LogP contribution in [0.1, 0.15) is 5.69 Å². The number of nitrogens with zero attached hydrogens (tertiary/aromatic N) is 3. The highest BCUT2D eigenvalue weighted by Gasteiger charge is 2.04. The number of aromatic nitrogens is 3. The zero-order chi connectivity index (χ0) is 9.97. The number of rotatable bonds is 3. The molecule has 2 aromatic rings. The number of nitrogens with one attached hydrogen (secondary N) is 1. The summed E-state index contributed by atoms with van der Waals surface area (Å²) in [5.74, 6) is 0. The van der Waals surface area contributed by atoms with Gasteiger partial charge in [-0.05, 0) is 7.05 Å². The Balaban J connectivity index is 2.24. The molecule has 0 spiro atoms. The van der Waals surface area contributed by atoms with E-state index in [0.717, 1.165) is 17.4 Å². The van der Waals surface area contributed by atoms with Crippen molar-refractivity contribution in [2.24, 2.45) is 0 Å². The largest absolute Gasteiger partial charge is 0.314 e. The molecule has 4 nitrogen and oxygen atoms in total. The molecule has 0 amide bonds. The second-order valence-electron chi connectivity index (χ2n) is 2.75. The molecule has 0 aliphatic rings. The summed E-state index contributed by atoms with van der Waals surface area (Å²) in [6, 6.07) is 0. The van der Waals surface area contributed by atoms with E-state index in [1.807, 2.05) is 12.4 Å². The lowest BCUT2D eigenvalue weighted by atomic mass is 10.5. The van der Waals surface area contributed by atoms with Crippen molar-refractivity contribution in [3.63, 3.8) is 0 Å². The zero-order valence-corrected chi connectivity index (χ0v) is 9.14. The molecule has 0 aliphatic carbocycles. The molecule has 0 radical (unpaired) electrons. The Labute approximate surface area is 90.5 Å². The topological polar surface area (TPSA) is 42.7 Å². The number of hydrogen-bond donors (Lipinski definition) is 1. The van der Waals surface area contributed by atoms with Crippen molar-refractivity contribution in [2.45, 2.75) is 6.54 Å². The fourth-order valence-corrected chi connectivity index (χ4v) is 1.96. The Morgan fingerprint density at radius 1 is 1.64 bits per heavy atom. The molecular weight excluding hydrogens is 220 g/mol. The van der Waals surface area contributed by atoms with Gasteiger partial charge in [0, 0.05) is 11.9 Å². The van der Waals surface area contributed by atoms with Crippen LogP contribution in [0.5, 0.6) is 0 Å². The summed E-state index contributed by atoms with van der Waals surface area (Å²) in [5, 5.41) is 10.6. The molecule has 1 N–H and O–H groups in total. The van der Waals surface area contributed by atoms with Crippen LogP contribution in [-0.2, 0) is 6.54 Å². The molecule has 0 unspecified atom stereocenters. The van der Waals surface area contributed by atoms with Gasteiger partial charge in [-0.2, -0.15) is 5.10 Å². The molecule has 0 aliphatic heterocycles. The van der Waals surface area contributed by atoms with Crippen LogP contribution in [-0.4, -0.2) is 21.8 Å². The monoisotopic (exact) mass is 228 g/mol. The van der Waals surface area contributed by atoms with Crippen molar-refractivity contribution in [3.8, 4) is 5.13 Å². The van der Waals surface area contributed by atoms with Gasteiger partial charge in [-0.3, -0.25) is 0 Å². The van der Waals surface area contributed by atoms with Gasteiger partial charge in [0.25, 0.3) is 0 Å². The van der Waals surface area contributed by atoms with Gasteiger partial charge >= 0.3 is 0 Å². The first-order chi connectivity index (χ1) is 6.79. The molecule has 2 aromatic heterocycles. The van der Waals surface area contributed by atoms with E-state index in [4.69, 9.17) is 11.6 Å². The summed E-state index contributed by atoms with van der Waals surface area (Å²) in [5.41, 5.74) is 1.01. The van der Waals surface area contributed by atoms with Crippen LogP contribution in [0.3, 0.4) is 0 Å². The van der Waals surface area contributed by atoms with Crippen LogP contribution in [0.2, 0.25) is 5.02 Å². The van der Waals surface area contributed by atoms with Crippen LogP contribution >= 0.6 is 22.9 Å². The first-order valence-corrected chi connectivity index (χ1v) is 5.35. The second kappa shape index (κ2) is 4.08. The van der Waals surface area contributed by atoms with E-state index >= 15 is 0 Å². The molecule has 2 heterocycles. The molecular formula is C8H9ClN4S. The smallest absolute Gasteiger partial charge is 0.210 e. The highest BCUT2D eigenvalue weighted by atomic mass is 35.5. The Morgan fingerprint density at radius 2 is 2.50 bits per heavy atom. The summed E-state index contributed by atoms with van der Waals surface area (Å²) in [6.45, 7) is 0.769. The molecule has 0 saturated carbocycles. The van der Waals surface area contributed by atoms with Gasteiger partial charge in [0.1, 0.15) is 0 Å². The molecule has 2 rings (SSSR count). The quantitative estimate of drug-likeness (QED) is 0.870. The molecule has 0 fully saturated rings. The Morgan fingerprint density at radius 3 is 3.14 bits per heavy atom. The normalized spacial score (nSPS) is 10.7. The highest BCUT2D eigenvalue weighted by molar-refractivity contribution is 7.12. The van der Waals surface area contributed by atoms with E-state index in [1.54, 1.807) is 28.4 Å². The molecule has 0 saturated heterocycles. The SMILES string of the molecule is CNCc1csc(-n2cc(Cl)cn2)n1. The lowest BCUT2D eigenvalue weighted by Crippen LogP contribution is -2.05. The Bertz CT molecular complexity index is 422. The third kappa shape index (κ3) is 1.95. The van der Waals surface area contributed by atoms with E-state index in [2.05, 4.69) is 15.4 Å². The minimum Gasteiger partial charge on any atom is -0.314 e. The molecule has 74 valence electrons. The molecule has 0 bridgehead atoms. The first kappa shape index (κ1) is 9.64. The average molecular weight is 229 g/mol. The predicted octanol–water partition coefficient (Wildman–Crippen LogP) is 1.70. The zero-order valence-electron chi connectivity index (χ0n) is 7.57. The van der Waals surface area contributed by atoms with E-state index in [1.165, 1.54) is 0 Å². The summed E-state index contributed by atoms with van der Waals surface area (Å²) in [4.78, 5) is 4.38. The van der Waals surface area contributed by atoms with Gasteiger partial charge in [-0.1, -0.05) is 11.6 Å². The van der Waals surface area contributed by atoms with E-state index in [-0.39, 0.29) is 0 Å². The molecule has 14 heavy (non-hydrogen) atoms. The maximum absolute atomic E-state index is 5.76. The van der Waals surface area contributed by atoms with Crippen LogP contribution < -0.4 is 5.32 Å². The van der Waals surface area contributed by atoms with E-state index < -0.39 is 0 Å². The van der Waals surface area contributed by atoms with Crippen LogP contribution in [0.4, 0.5) is 0 Å². The van der Waals surface area contributed by atoms with Crippen LogP contribution in [0.25, 0.3) is 5.13 Å². The Hall–Kier alpha value is -0.910. The van der Waals surface area contributed by atoms with Crippen LogP contribution in [0, 0.1) is 0 Å². The standard InChI is InChI=1S/C8H9ClN4S/c1-10-3-7-5-14-8(12-7)13-4-6(9)2-11-13/h2,4-5,10H,3H2,1H3. The third-order valence-electron chi connectivity index (χ3n) is 1.64. The number of halogens is 1. The van der Waals surface area contributed by atoms with Gasteiger partial charge in [0.2, 0.25) is 5.13 Å². The van der Waals surface area contributed by atoms with Crippen LogP contribution in [0.15, 0.2) is 17.8 Å². The lowest BCUT2D eigenvalue weighted by molar-refractivity contribution is 0.784. The van der Waals surface area contributed by atoms with Gasteiger partial charge in [-0.15, -0.1) is 11.3 Å². The fraction of sp³-hybridized carbons (Fsp3) is 0.250. The van der Waals surface area contributed by atoms with Gasteiger partial charge in [-0.25, -0.2) is 9.67 Å². The maximum Gasteiger partial charge on any atom is 0.210 e. The van der Waals surface area contributed by atoms with Crippen molar-refractivity contribution in [1.82, 2.24) is 20.1 Å². The van der Waals surface area contributed by atoms with Crippen molar-refractivity contribution < 1.29 is 0 Å². The van der Waals surface area contributed by atoms with Gasteiger partial charge in [0.15, 0.2) is 0 Å². The highest BCUT2D eigenvalue weighted by Crippen LogP contribution is 2.16. The molecule has 0 atom stereocenters. The van der Waals surface area contributed by atoms with Crippen molar-refractivity contribution in [1.29, 1.82) is 0 Å². The maximum atomic E-state index is 5.76. The second-order valence-corrected chi connectivity index (χ2v) is 4.03. The fourth-order valence-electron chi connectivity index (χ4n) is 1.07. The summed E-state index contributed by atoms with van der Waals surface area (Å²) >= 11 is 7.31. The average Bonchev–Trinajstić information content (AvgIpc) is 2.74. The third-order valence-corrected chi connectivity index (χ3v) is 2.72. The van der Waals surface area contributed by atoms with E-state index in [9.17, 15) is 0 Å². The predicted molar refractivity (Wildman–Crippen MR) is 57.0 cm³/mol. The number of thiazole rings is 1. The van der Waals surface area contributed by atoms with Crippen molar-refractivity contribution in [3.05, 3.63) is 28.5 Å². The van der Waals surface area contributed by atoms with Crippen molar-refractivity contribution in [2.75, 3.05) is 7.05 Å². The minimum atomic E-state index is 0.621. The Kier molecular flexibility index (Phi) is 2.81. The molecule has 0 aromatic carbocycles. The first-order valence-electron chi connectivity index (χ1n) is 4.09. The lowest BCUT2D eigenvalue weighted by Gasteiger charge is -1.93. The summed E-state index contributed by atoms with van der Waals surface area (Å²) < 4.78 is 1.67. The minimum absolute atomic E-state index is 0.621. The number of hydrogen-bond acceptors (Lipinski definition) is 4. The van der Waals surface area contributed by atoms with Crippen molar-refractivity contribution >= 4 is 22.9 Å². The summed E-state index contributed by atoms with van der Waals surface area (Å²) in [7, 11) is 1.89. The van der Waals surface area contributed by atoms with E-state index in [0.29, 0.717) is 5.02 Å². The van der Waals surface area contributed by atoms with Gasteiger partial charge < -0.3 is 5.32 Å².